The number of ether oxygens (including phenoxy) is 1. The van der Waals surface area contributed by atoms with E-state index in [0.717, 1.165) is 31.2 Å². The zero-order valence-electron chi connectivity index (χ0n) is 20.7. The molecule has 35 heavy (non-hydrogen) atoms. The molecule has 2 aromatic rings. The molecule has 5 rings (SSSR count). The normalized spacial score (nSPS) is 25.6. The maximum Gasteiger partial charge on any atom is 0.410 e. The number of carbonyl (C=O) groups excluding carboxylic acids is 2. The number of piperidine rings is 1. The van der Waals surface area contributed by atoms with Gasteiger partial charge in [-0.25, -0.2) is 9.59 Å². The van der Waals surface area contributed by atoms with E-state index in [1.54, 1.807) is 0 Å². The predicted molar refractivity (Wildman–Crippen MR) is 132 cm³/mol. The number of hydrogen-bond donors (Lipinski definition) is 0. The summed E-state index contributed by atoms with van der Waals surface area (Å²) in [5, 5.41) is 0. The molecule has 0 N–H and O–H groups in total. The average Bonchev–Trinajstić information content (AvgIpc) is 2.90. The third-order valence-corrected chi connectivity index (χ3v) is 8.48. The van der Waals surface area contributed by atoms with Gasteiger partial charge in [-0.1, -0.05) is 63.1 Å². The van der Waals surface area contributed by atoms with Crippen LogP contribution in [0.1, 0.15) is 69.1 Å². The lowest BCUT2D eigenvalue weighted by Gasteiger charge is -2.58. The summed E-state index contributed by atoms with van der Waals surface area (Å²) in [5.41, 5.74) is 3.61. The smallest absolute Gasteiger partial charge is 0.410 e. The Bertz CT molecular complexity index is 1070. The fourth-order valence-corrected chi connectivity index (χ4v) is 6.40. The summed E-state index contributed by atoms with van der Waals surface area (Å²) in [7, 11) is 0. The minimum absolute atomic E-state index is 0.0345. The molecule has 2 bridgehead atoms. The van der Waals surface area contributed by atoms with Gasteiger partial charge in [-0.15, -0.1) is 0 Å². The van der Waals surface area contributed by atoms with Crippen LogP contribution in [0, 0.1) is 11.8 Å². The SMILES string of the molecule is CCC(C)C(=O)OOc1ccc2c(c1)[C@@]13CCCC[C@H]1[C@@H](C2)N(C(=O)OCc1ccccc1)CC3. The standard InChI is InChI=1S/C29H35NO5/c1-3-20(2)27(31)35-34-23-13-12-22-17-26-24-11-7-8-14-29(24,25(22)18-23)15-16-30(26)28(32)33-19-21-9-5-4-6-10-21/h4-6,9-10,12-13,18,20,24,26H,3,7-8,11,14-17,19H2,1-2H3/t20?,24-,26+,29+/m0/s1. The molecule has 0 spiro atoms. The number of benzene rings is 2. The van der Waals surface area contributed by atoms with Crippen LogP contribution < -0.4 is 4.89 Å². The first-order valence-corrected chi connectivity index (χ1v) is 13.0. The summed E-state index contributed by atoms with van der Waals surface area (Å²) in [4.78, 5) is 37.8. The largest absolute Gasteiger partial charge is 0.445 e. The molecule has 1 amide bonds. The molecule has 186 valence electrons. The van der Waals surface area contributed by atoms with Crippen LogP contribution in [0.2, 0.25) is 0 Å². The van der Waals surface area contributed by atoms with Crippen LogP contribution in [0.25, 0.3) is 0 Å². The van der Waals surface area contributed by atoms with Gasteiger partial charge < -0.3 is 9.64 Å². The van der Waals surface area contributed by atoms with Crippen molar-refractivity contribution in [1.82, 2.24) is 4.90 Å². The highest BCUT2D eigenvalue weighted by atomic mass is 17.2. The van der Waals surface area contributed by atoms with E-state index in [1.807, 2.05) is 55.1 Å². The number of fused-ring (bicyclic) bond motifs is 1. The third-order valence-electron chi connectivity index (χ3n) is 8.48. The fourth-order valence-electron chi connectivity index (χ4n) is 6.40. The highest BCUT2D eigenvalue weighted by molar-refractivity contribution is 5.71. The monoisotopic (exact) mass is 477 g/mol. The summed E-state index contributed by atoms with van der Waals surface area (Å²) < 4.78 is 5.74. The second kappa shape index (κ2) is 9.92. The van der Waals surface area contributed by atoms with Gasteiger partial charge in [0.05, 0.1) is 5.92 Å². The van der Waals surface area contributed by atoms with Crippen molar-refractivity contribution in [3.63, 3.8) is 0 Å². The van der Waals surface area contributed by atoms with Crippen LogP contribution in [0.3, 0.4) is 0 Å². The van der Waals surface area contributed by atoms with Crippen LogP contribution >= 0.6 is 0 Å². The van der Waals surface area contributed by atoms with Gasteiger partial charge in [-0.05, 0) is 66.8 Å². The molecule has 6 nitrogen and oxygen atoms in total. The van der Waals surface area contributed by atoms with Crippen molar-refractivity contribution in [2.45, 2.75) is 76.9 Å². The van der Waals surface area contributed by atoms with Crippen molar-refractivity contribution >= 4 is 12.1 Å². The van der Waals surface area contributed by atoms with Crippen molar-refractivity contribution in [1.29, 1.82) is 0 Å². The number of hydrogen-bond acceptors (Lipinski definition) is 5. The lowest BCUT2D eigenvalue weighted by atomic mass is 9.52. The highest BCUT2D eigenvalue weighted by Gasteiger charge is 2.55. The molecule has 0 radical (unpaired) electrons. The van der Waals surface area contributed by atoms with E-state index >= 15 is 0 Å². The zero-order valence-corrected chi connectivity index (χ0v) is 20.7. The van der Waals surface area contributed by atoms with Gasteiger partial charge >= 0.3 is 12.1 Å². The molecular formula is C29H35NO5. The Balaban J connectivity index is 1.35. The van der Waals surface area contributed by atoms with Gasteiger partial charge in [0.15, 0.2) is 5.75 Å². The first-order valence-electron chi connectivity index (χ1n) is 13.0. The lowest BCUT2D eigenvalue weighted by molar-refractivity contribution is -0.218. The Morgan fingerprint density at radius 3 is 2.74 bits per heavy atom. The molecule has 2 aromatic carbocycles. The Morgan fingerprint density at radius 1 is 1.11 bits per heavy atom. The minimum atomic E-state index is -0.346. The van der Waals surface area contributed by atoms with Crippen molar-refractivity contribution in [3.8, 4) is 5.75 Å². The van der Waals surface area contributed by atoms with E-state index < -0.39 is 0 Å². The molecular weight excluding hydrogens is 442 g/mol. The molecule has 2 fully saturated rings. The Kier molecular flexibility index (Phi) is 6.72. The van der Waals surface area contributed by atoms with E-state index in [4.69, 9.17) is 14.5 Å². The van der Waals surface area contributed by atoms with Gasteiger partial charge in [0.2, 0.25) is 0 Å². The molecule has 1 aliphatic heterocycles. The maximum atomic E-state index is 13.2. The highest BCUT2D eigenvalue weighted by Crippen LogP contribution is 2.56. The predicted octanol–water partition coefficient (Wildman–Crippen LogP) is 5.96. The Hall–Kier alpha value is -3.02. The molecule has 6 heteroatoms. The number of amides is 1. The molecule has 1 unspecified atom stereocenters. The van der Waals surface area contributed by atoms with Crippen LogP contribution in [0.15, 0.2) is 48.5 Å². The fraction of sp³-hybridized carbons (Fsp3) is 0.517. The van der Waals surface area contributed by atoms with E-state index in [1.165, 1.54) is 24.0 Å². The van der Waals surface area contributed by atoms with Crippen LogP contribution in [-0.2, 0) is 32.9 Å². The second-order valence-electron chi connectivity index (χ2n) is 10.4. The average molecular weight is 478 g/mol. The van der Waals surface area contributed by atoms with E-state index in [-0.39, 0.29) is 29.4 Å². The second-order valence-corrected chi connectivity index (χ2v) is 10.4. The third kappa shape index (κ3) is 4.51. The summed E-state index contributed by atoms with van der Waals surface area (Å²) in [6.45, 7) is 4.78. The van der Waals surface area contributed by atoms with E-state index in [0.29, 0.717) is 31.2 Å². The van der Waals surface area contributed by atoms with Gasteiger partial charge in [0.1, 0.15) is 6.61 Å². The number of likely N-dealkylation sites (tertiary alicyclic amines) is 1. The summed E-state index contributed by atoms with van der Waals surface area (Å²) in [6.07, 6.45) is 6.84. The topological polar surface area (TPSA) is 65.1 Å². The summed E-state index contributed by atoms with van der Waals surface area (Å²) in [5.74, 6) is 0.434. The molecule has 3 aliphatic rings. The van der Waals surface area contributed by atoms with Crippen LogP contribution in [0.5, 0.6) is 5.75 Å². The first kappa shape index (κ1) is 23.7. The minimum Gasteiger partial charge on any atom is -0.445 e. The molecule has 0 aromatic heterocycles. The first-order chi connectivity index (χ1) is 17.0. The van der Waals surface area contributed by atoms with Gasteiger partial charge in [0.25, 0.3) is 0 Å². The van der Waals surface area contributed by atoms with Gasteiger partial charge in [-0.2, -0.15) is 0 Å². The van der Waals surface area contributed by atoms with Crippen LogP contribution in [-0.4, -0.2) is 29.5 Å². The van der Waals surface area contributed by atoms with Gasteiger partial charge in [-0.3, -0.25) is 9.78 Å². The molecule has 4 atom stereocenters. The molecule has 2 aliphatic carbocycles. The number of nitrogens with zero attached hydrogens (tertiary/aromatic N) is 1. The summed E-state index contributed by atoms with van der Waals surface area (Å²) in [6, 6.07) is 16.0. The number of rotatable bonds is 6. The molecule has 1 heterocycles. The van der Waals surface area contributed by atoms with Crippen molar-refractivity contribution in [2.75, 3.05) is 6.54 Å². The zero-order chi connectivity index (χ0) is 24.4. The van der Waals surface area contributed by atoms with E-state index in [2.05, 4.69) is 12.1 Å². The lowest BCUT2D eigenvalue weighted by Crippen LogP contribution is -2.62. The molecule has 1 saturated carbocycles. The van der Waals surface area contributed by atoms with E-state index in [9.17, 15) is 9.59 Å². The maximum absolute atomic E-state index is 13.2. The number of carbonyl (C=O) groups is 2. The Labute approximate surface area is 207 Å². The van der Waals surface area contributed by atoms with Gasteiger partial charge in [0, 0.05) is 18.0 Å². The van der Waals surface area contributed by atoms with Crippen molar-refractivity contribution in [2.24, 2.45) is 11.8 Å². The Morgan fingerprint density at radius 2 is 1.94 bits per heavy atom. The summed E-state index contributed by atoms with van der Waals surface area (Å²) >= 11 is 0. The van der Waals surface area contributed by atoms with Crippen molar-refractivity contribution in [3.05, 3.63) is 65.2 Å². The van der Waals surface area contributed by atoms with Crippen LogP contribution in [0.4, 0.5) is 4.79 Å². The van der Waals surface area contributed by atoms with Crippen molar-refractivity contribution < 1.29 is 24.1 Å². The quantitative estimate of drug-likeness (QED) is 0.379. The molecule has 1 saturated heterocycles.